The lowest BCUT2D eigenvalue weighted by molar-refractivity contribution is -0.379. The van der Waals surface area contributed by atoms with Crippen molar-refractivity contribution in [2.24, 2.45) is 0 Å². The Morgan fingerprint density at radius 3 is 1.09 bits per heavy atom. The molecule has 0 spiro atoms. The van der Waals surface area contributed by atoms with Crippen LogP contribution in [0.3, 0.4) is 0 Å². The molecule has 3 aliphatic heterocycles. The highest BCUT2D eigenvalue weighted by atomic mass is 16.8. The van der Waals surface area contributed by atoms with E-state index in [2.05, 4.69) is 165 Å². The fourth-order valence-electron chi connectivity index (χ4n) is 12.0. The van der Waals surface area contributed by atoms with E-state index in [0.717, 1.165) is 122 Å². The Balaban J connectivity index is 1.38. The van der Waals surface area contributed by atoms with Crippen molar-refractivity contribution in [1.29, 1.82) is 0 Å². The molecule has 3 saturated heterocycles. The first-order valence-electron chi connectivity index (χ1n) is 39.2. The second kappa shape index (κ2) is 62.4. The minimum absolute atomic E-state index is 0.202. The van der Waals surface area contributed by atoms with E-state index >= 15 is 0 Å². The van der Waals surface area contributed by atoms with Crippen molar-refractivity contribution >= 4 is 5.91 Å². The minimum Gasteiger partial charge on any atom is -0.394 e. The Hall–Kier alpha value is -4.59. The molecular formula is C84H137NO18. The summed E-state index contributed by atoms with van der Waals surface area (Å²) >= 11 is 0. The van der Waals surface area contributed by atoms with Crippen LogP contribution in [0, 0.1) is 0 Å². The van der Waals surface area contributed by atoms with Gasteiger partial charge in [-0.05, 0) is 116 Å². The molecule has 3 fully saturated rings. The third kappa shape index (κ3) is 42.5. The number of aliphatic hydroxyl groups is 11. The highest BCUT2D eigenvalue weighted by Crippen LogP contribution is 2.33. The molecule has 0 bridgehead atoms. The Bertz CT molecular complexity index is 2480. The van der Waals surface area contributed by atoms with Gasteiger partial charge in [-0.15, -0.1) is 0 Å². The lowest BCUT2D eigenvalue weighted by atomic mass is 9.96. The molecule has 0 aromatic rings. The third-order valence-electron chi connectivity index (χ3n) is 18.3. The summed E-state index contributed by atoms with van der Waals surface area (Å²) < 4.78 is 34.4. The van der Waals surface area contributed by atoms with E-state index < -0.39 is 124 Å². The maximum Gasteiger partial charge on any atom is 0.220 e. The van der Waals surface area contributed by atoms with Crippen LogP contribution >= 0.6 is 0 Å². The zero-order valence-electron chi connectivity index (χ0n) is 62.5. The number of aliphatic hydroxyl groups excluding tert-OH is 11. The van der Waals surface area contributed by atoms with Crippen LogP contribution in [-0.4, -0.2) is 193 Å². The lowest BCUT2D eigenvalue weighted by Crippen LogP contribution is -2.66. The van der Waals surface area contributed by atoms with Gasteiger partial charge in [0.05, 0.1) is 38.6 Å². The number of carbonyl (C=O) groups is 1. The van der Waals surface area contributed by atoms with Gasteiger partial charge in [0, 0.05) is 6.42 Å². The number of rotatable bonds is 59. The Morgan fingerprint density at radius 1 is 0.359 bits per heavy atom. The first-order chi connectivity index (χ1) is 50.3. The molecule has 12 N–H and O–H groups in total. The number of carbonyl (C=O) groups excluding carboxylic acids is 1. The van der Waals surface area contributed by atoms with E-state index in [1.165, 1.54) is 77.0 Å². The van der Waals surface area contributed by atoms with Gasteiger partial charge in [-0.25, -0.2) is 0 Å². The molecule has 17 atom stereocenters. The summed E-state index contributed by atoms with van der Waals surface area (Å²) in [7, 11) is 0. The van der Waals surface area contributed by atoms with Gasteiger partial charge in [0.25, 0.3) is 0 Å². The quantitative estimate of drug-likeness (QED) is 0.0199. The highest BCUT2D eigenvalue weighted by Gasteiger charge is 2.53. The van der Waals surface area contributed by atoms with Crippen molar-refractivity contribution in [2.45, 2.75) is 336 Å². The summed E-state index contributed by atoms with van der Waals surface area (Å²) in [5.74, 6) is -0.310. The number of amides is 1. The van der Waals surface area contributed by atoms with Crippen LogP contribution in [0.5, 0.6) is 0 Å². The molecular weight excluding hydrogens is 1310 g/mol. The number of hydrogen-bond acceptors (Lipinski definition) is 18. The number of unbranched alkanes of at least 4 members (excludes halogenated alkanes) is 19. The predicted molar refractivity (Wildman–Crippen MR) is 410 cm³/mol. The average molecular weight is 1450 g/mol. The first-order valence-corrected chi connectivity index (χ1v) is 39.2. The zero-order valence-corrected chi connectivity index (χ0v) is 62.5. The van der Waals surface area contributed by atoms with E-state index in [4.69, 9.17) is 28.4 Å². The van der Waals surface area contributed by atoms with Crippen LogP contribution in [-0.2, 0) is 33.2 Å². The van der Waals surface area contributed by atoms with E-state index in [-0.39, 0.29) is 18.9 Å². The summed E-state index contributed by atoms with van der Waals surface area (Å²) in [6, 6.07) is -1.01. The van der Waals surface area contributed by atoms with Gasteiger partial charge in [-0.2, -0.15) is 0 Å². The van der Waals surface area contributed by atoms with Crippen LogP contribution < -0.4 is 5.32 Å². The molecule has 0 aromatic carbocycles. The summed E-state index contributed by atoms with van der Waals surface area (Å²) in [6.45, 7) is 1.57. The normalized spacial score (nSPS) is 26.9. The monoisotopic (exact) mass is 1450 g/mol. The van der Waals surface area contributed by atoms with E-state index in [9.17, 15) is 61.0 Å². The van der Waals surface area contributed by atoms with Crippen molar-refractivity contribution in [3.8, 4) is 0 Å². The molecule has 1 amide bonds. The van der Waals surface area contributed by atoms with Gasteiger partial charge in [0.2, 0.25) is 5.91 Å². The van der Waals surface area contributed by atoms with Gasteiger partial charge >= 0.3 is 0 Å². The molecule has 0 radical (unpaired) electrons. The molecule has 0 aliphatic carbocycles. The average Bonchev–Trinajstić information content (AvgIpc) is 0.781. The summed E-state index contributed by atoms with van der Waals surface area (Å²) in [6.07, 6.45) is 65.1. The third-order valence-corrected chi connectivity index (χ3v) is 18.3. The Morgan fingerprint density at radius 2 is 0.680 bits per heavy atom. The van der Waals surface area contributed by atoms with Gasteiger partial charge in [0.1, 0.15) is 73.2 Å². The van der Waals surface area contributed by atoms with Crippen molar-refractivity contribution in [3.63, 3.8) is 0 Å². The van der Waals surface area contributed by atoms with Crippen LogP contribution in [0.15, 0.2) is 158 Å². The summed E-state index contributed by atoms with van der Waals surface area (Å²) in [4.78, 5) is 13.4. The van der Waals surface area contributed by atoms with E-state index in [1.807, 2.05) is 6.08 Å². The minimum atomic E-state index is -1.99. The number of allylic oxidation sites excluding steroid dienone is 25. The van der Waals surface area contributed by atoms with E-state index in [0.29, 0.717) is 12.8 Å². The highest BCUT2D eigenvalue weighted by molar-refractivity contribution is 5.76. The molecule has 586 valence electrons. The van der Waals surface area contributed by atoms with Crippen molar-refractivity contribution < 1.29 is 89.4 Å². The smallest absolute Gasteiger partial charge is 0.220 e. The molecule has 3 aliphatic rings. The molecule has 103 heavy (non-hydrogen) atoms. The maximum atomic E-state index is 13.4. The fraction of sp³-hybridized carbons (Fsp3) is 0.679. The van der Waals surface area contributed by atoms with Gasteiger partial charge < -0.3 is 89.9 Å². The van der Waals surface area contributed by atoms with Gasteiger partial charge in [-0.3, -0.25) is 4.79 Å². The number of hydrogen-bond donors (Lipinski definition) is 12. The van der Waals surface area contributed by atoms with E-state index in [1.54, 1.807) is 6.08 Å². The van der Waals surface area contributed by atoms with Crippen LogP contribution in [0.1, 0.15) is 232 Å². The Kier molecular flexibility index (Phi) is 56.2. The number of nitrogens with one attached hydrogen (secondary N) is 1. The molecule has 0 aromatic heterocycles. The molecule has 17 unspecified atom stereocenters. The van der Waals surface area contributed by atoms with Crippen molar-refractivity contribution in [2.75, 3.05) is 26.4 Å². The van der Waals surface area contributed by atoms with Gasteiger partial charge in [0.15, 0.2) is 18.9 Å². The lowest BCUT2D eigenvalue weighted by Gasteiger charge is -2.48. The van der Waals surface area contributed by atoms with Gasteiger partial charge in [-0.1, -0.05) is 268 Å². The fourth-order valence-corrected chi connectivity index (χ4v) is 12.0. The first kappa shape index (κ1) is 92.6. The predicted octanol–water partition coefficient (Wildman–Crippen LogP) is 12.8. The second-order valence-electron chi connectivity index (χ2n) is 27.1. The summed E-state index contributed by atoms with van der Waals surface area (Å²) in [5.41, 5.74) is 0. The van der Waals surface area contributed by atoms with Crippen LogP contribution in [0.25, 0.3) is 0 Å². The SMILES string of the molecule is CC/C=C\C/C=C\C/C=C\C/C=C\C/C=C\C/C=C\C/C=C\C/C=C\C/C=C\C/C=C\C/C=C\CCCCCCCC(=O)NC(COC1OC(CO)C(OC2OC(CO)C(OC3OC(CO)C(O)C(O)C3O)C(O)C2O)C(O)C1O)C(O)/C=C/CC/C=C/CCCCCCCCCCCCCCC. The van der Waals surface area contributed by atoms with Crippen LogP contribution in [0.4, 0.5) is 0 Å². The van der Waals surface area contributed by atoms with Crippen LogP contribution in [0.2, 0.25) is 0 Å². The summed E-state index contributed by atoms with van der Waals surface area (Å²) in [5, 5.41) is 121. The largest absolute Gasteiger partial charge is 0.394 e. The molecule has 3 rings (SSSR count). The molecule has 0 saturated carbocycles. The topological polar surface area (TPSA) is 307 Å². The molecule has 19 nitrogen and oxygen atoms in total. The Labute approximate surface area is 618 Å². The standard InChI is InChI=1S/C84H137NO18/c1-3-5-7-9-11-13-15-17-19-21-23-24-25-26-27-28-29-30-31-32-33-34-35-36-37-38-39-40-41-42-44-46-48-50-52-54-56-58-60-62-72(90)85-67(68(89)61-59-57-55-53-51-49-47-45-43-22-20-18-16-14-12-10-8-6-4-2)66-98-82-78(96)75(93)80(70(64-87)100-82)103-84-79(97)76(94)81(71(65-88)101-84)102-83-77(95)74(92)73(91)69(63-86)99-83/h5,7,11,13,17,19,23-24,26-27,29-30,32-33,35-36,38-39,41-42,46,48,51,53,59,61,67-71,73-84,86-89,91-97H,3-4,6,8-10,12,14-16,18,20-22,25,28,31,34,37,40,43-45,47,49-50,52,54-58,60,62-66H2,1-2H3,(H,85,90)/b7-5-,13-11-,19-17-,24-23-,27-26-,30-29-,33-32-,36-35-,39-38-,42-41-,48-46-,53-51+,61-59+. The maximum absolute atomic E-state index is 13.4. The van der Waals surface area contributed by atoms with Crippen molar-refractivity contribution in [1.82, 2.24) is 5.32 Å². The number of ether oxygens (including phenoxy) is 6. The zero-order chi connectivity index (χ0) is 74.6. The molecule has 19 heteroatoms. The van der Waals surface area contributed by atoms with Crippen molar-refractivity contribution in [3.05, 3.63) is 158 Å². The molecule has 3 heterocycles. The second-order valence-corrected chi connectivity index (χ2v) is 27.1.